The van der Waals surface area contributed by atoms with Gasteiger partial charge in [-0.05, 0) is 57.6 Å². The Balaban J connectivity index is 1.98. The van der Waals surface area contributed by atoms with Crippen molar-refractivity contribution in [1.29, 1.82) is 0 Å². The Morgan fingerprint density at radius 2 is 2.16 bits per heavy atom. The lowest BCUT2D eigenvalue weighted by molar-refractivity contribution is -0.137. The van der Waals surface area contributed by atoms with Crippen LogP contribution in [0.25, 0.3) is 0 Å². The number of carbonyl (C=O) groups excluding carboxylic acids is 1. The minimum atomic E-state index is -0.385. The van der Waals surface area contributed by atoms with Gasteiger partial charge < -0.3 is 10.2 Å². The summed E-state index contributed by atoms with van der Waals surface area (Å²) < 4.78 is 0. The third-order valence-corrected chi connectivity index (χ3v) is 5.26. The zero-order chi connectivity index (χ0) is 13.9. The van der Waals surface area contributed by atoms with E-state index in [1.165, 1.54) is 0 Å². The zero-order valence-corrected chi connectivity index (χ0v) is 12.9. The van der Waals surface area contributed by atoms with Crippen molar-refractivity contribution in [3.63, 3.8) is 0 Å². The largest absolute Gasteiger partial charge is 0.342 e. The number of hydrogen-bond acceptors (Lipinski definition) is 3. The standard InChI is InChI=1S/C15H24N2OS/c1-15(2,13-5-4-10-19-13)14(18)17-8-6-12(7-9-17)11-16-3/h4-5,10,12,16H,6-9,11H2,1-3H3. The molecule has 3 nitrogen and oxygen atoms in total. The maximum Gasteiger partial charge on any atom is 0.233 e. The summed E-state index contributed by atoms with van der Waals surface area (Å²) in [6, 6.07) is 4.09. The molecule has 0 saturated carbocycles. The number of rotatable bonds is 4. The number of hydrogen-bond donors (Lipinski definition) is 1. The molecule has 1 aromatic heterocycles. The maximum absolute atomic E-state index is 12.7. The molecule has 4 heteroatoms. The van der Waals surface area contributed by atoms with E-state index in [0.717, 1.165) is 43.3 Å². The van der Waals surface area contributed by atoms with Gasteiger partial charge in [0.2, 0.25) is 5.91 Å². The van der Waals surface area contributed by atoms with Gasteiger partial charge in [-0.15, -0.1) is 11.3 Å². The predicted octanol–water partition coefficient (Wildman–Crippen LogP) is 2.48. The van der Waals surface area contributed by atoms with Crippen LogP contribution in [0.5, 0.6) is 0 Å². The average Bonchev–Trinajstić information content (AvgIpc) is 2.94. The Bertz CT molecular complexity index is 406. The second-order valence-electron chi connectivity index (χ2n) is 5.90. The Labute approximate surface area is 120 Å². The molecule has 0 unspecified atom stereocenters. The van der Waals surface area contributed by atoms with Crippen molar-refractivity contribution >= 4 is 17.2 Å². The average molecular weight is 280 g/mol. The first kappa shape index (κ1) is 14.5. The molecule has 0 radical (unpaired) electrons. The van der Waals surface area contributed by atoms with Gasteiger partial charge in [-0.25, -0.2) is 0 Å². The summed E-state index contributed by atoms with van der Waals surface area (Å²) in [6.45, 7) is 6.96. The topological polar surface area (TPSA) is 32.3 Å². The Morgan fingerprint density at radius 1 is 1.47 bits per heavy atom. The Hall–Kier alpha value is -0.870. The molecule has 2 rings (SSSR count). The fraction of sp³-hybridized carbons (Fsp3) is 0.667. The van der Waals surface area contributed by atoms with E-state index in [-0.39, 0.29) is 11.3 Å². The minimum absolute atomic E-state index is 0.276. The van der Waals surface area contributed by atoms with Gasteiger partial charge in [0.05, 0.1) is 5.41 Å². The van der Waals surface area contributed by atoms with Gasteiger partial charge in [-0.1, -0.05) is 6.07 Å². The van der Waals surface area contributed by atoms with Gasteiger partial charge in [0, 0.05) is 18.0 Å². The van der Waals surface area contributed by atoms with Crippen molar-refractivity contribution in [2.45, 2.75) is 32.1 Å². The number of piperidine rings is 1. The first-order valence-electron chi connectivity index (χ1n) is 7.03. The maximum atomic E-state index is 12.7. The van der Waals surface area contributed by atoms with Crippen LogP contribution in [-0.4, -0.2) is 37.5 Å². The van der Waals surface area contributed by atoms with Gasteiger partial charge in [0.25, 0.3) is 0 Å². The molecular formula is C15H24N2OS. The van der Waals surface area contributed by atoms with E-state index < -0.39 is 0 Å². The molecule has 0 spiro atoms. The number of nitrogens with one attached hydrogen (secondary N) is 1. The number of amides is 1. The van der Waals surface area contributed by atoms with Crippen LogP contribution < -0.4 is 5.32 Å². The molecule has 1 amide bonds. The van der Waals surface area contributed by atoms with E-state index in [2.05, 4.69) is 11.4 Å². The molecule has 0 atom stereocenters. The van der Waals surface area contributed by atoms with Crippen LogP contribution >= 0.6 is 11.3 Å². The molecule has 1 aliphatic heterocycles. The fourth-order valence-electron chi connectivity index (χ4n) is 2.76. The number of thiophene rings is 1. The quantitative estimate of drug-likeness (QED) is 0.919. The highest BCUT2D eigenvalue weighted by Crippen LogP contribution is 2.31. The van der Waals surface area contributed by atoms with Crippen LogP contribution in [-0.2, 0) is 10.2 Å². The summed E-state index contributed by atoms with van der Waals surface area (Å²) >= 11 is 1.67. The van der Waals surface area contributed by atoms with Crippen molar-refractivity contribution in [2.75, 3.05) is 26.7 Å². The smallest absolute Gasteiger partial charge is 0.233 e. The molecule has 1 N–H and O–H groups in total. The van der Waals surface area contributed by atoms with E-state index in [1.807, 2.05) is 37.2 Å². The molecule has 0 aromatic carbocycles. The van der Waals surface area contributed by atoms with Gasteiger partial charge in [0.1, 0.15) is 0 Å². The van der Waals surface area contributed by atoms with E-state index in [9.17, 15) is 4.79 Å². The van der Waals surface area contributed by atoms with Crippen molar-refractivity contribution in [2.24, 2.45) is 5.92 Å². The summed E-state index contributed by atoms with van der Waals surface area (Å²) in [7, 11) is 2.00. The molecule has 1 saturated heterocycles. The molecule has 1 aromatic rings. The highest BCUT2D eigenvalue weighted by atomic mass is 32.1. The first-order chi connectivity index (χ1) is 9.05. The molecule has 0 bridgehead atoms. The second-order valence-corrected chi connectivity index (χ2v) is 6.84. The molecule has 19 heavy (non-hydrogen) atoms. The van der Waals surface area contributed by atoms with Crippen molar-refractivity contribution in [1.82, 2.24) is 10.2 Å². The van der Waals surface area contributed by atoms with Crippen molar-refractivity contribution in [3.05, 3.63) is 22.4 Å². The Morgan fingerprint density at radius 3 is 2.68 bits per heavy atom. The van der Waals surface area contributed by atoms with Crippen molar-refractivity contribution < 1.29 is 4.79 Å². The van der Waals surface area contributed by atoms with E-state index >= 15 is 0 Å². The summed E-state index contributed by atoms with van der Waals surface area (Å²) in [5.74, 6) is 0.997. The minimum Gasteiger partial charge on any atom is -0.342 e. The zero-order valence-electron chi connectivity index (χ0n) is 12.1. The monoisotopic (exact) mass is 280 g/mol. The summed E-state index contributed by atoms with van der Waals surface area (Å²) in [4.78, 5) is 15.9. The Kier molecular flexibility index (Phi) is 4.63. The molecule has 0 aliphatic carbocycles. The van der Waals surface area contributed by atoms with Crippen LogP contribution in [0.15, 0.2) is 17.5 Å². The lowest BCUT2D eigenvalue weighted by Gasteiger charge is -2.36. The molecule has 106 valence electrons. The van der Waals surface area contributed by atoms with Gasteiger partial charge in [-0.3, -0.25) is 4.79 Å². The molecule has 1 fully saturated rings. The van der Waals surface area contributed by atoms with Crippen LogP contribution in [0.2, 0.25) is 0 Å². The third kappa shape index (κ3) is 3.18. The number of likely N-dealkylation sites (tertiary alicyclic amines) is 1. The lowest BCUT2D eigenvalue weighted by atomic mass is 9.87. The van der Waals surface area contributed by atoms with Crippen LogP contribution in [0.4, 0.5) is 0 Å². The SMILES string of the molecule is CNCC1CCN(C(=O)C(C)(C)c2cccs2)CC1. The normalized spacial score (nSPS) is 17.7. The lowest BCUT2D eigenvalue weighted by Crippen LogP contribution is -2.47. The molecule has 1 aliphatic rings. The summed E-state index contributed by atoms with van der Waals surface area (Å²) in [5, 5.41) is 5.28. The summed E-state index contributed by atoms with van der Waals surface area (Å²) in [5.41, 5.74) is -0.385. The predicted molar refractivity (Wildman–Crippen MR) is 80.6 cm³/mol. The summed E-state index contributed by atoms with van der Waals surface area (Å²) in [6.07, 6.45) is 2.24. The molecule has 2 heterocycles. The van der Waals surface area contributed by atoms with E-state index in [0.29, 0.717) is 0 Å². The van der Waals surface area contributed by atoms with Crippen LogP contribution in [0.3, 0.4) is 0 Å². The van der Waals surface area contributed by atoms with Gasteiger partial charge >= 0.3 is 0 Å². The van der Waals surface area contributed by atoms with Gasteiger partial charge in [-0.2, -0.15) is 0 Å². The van der Waals surface area contributed by atoms with Crippen molar-refractivity contribution in [3.8, 4) is 0 Å². The van der Waals surface area contributed by atoms with Crippen LogP contribution in [0.1, 0.15) is 31.6 Å². The fourth-order valence-corrected chi connectivity index (χ4v) is 3.61. The van der Waals surface area contributed by atoms with E-state index in [4.69, 9.17) is 0 Å². The third-order valence-electron chi connectivity index (χ3n) is 4.07. The van der Waals surface area contributed by atoms with Gasteiger partial charge in [0.15, 0.2) is 0 Å². The first-order valence-corrected chi connectivity index (χ1v) is 7.91. The highest BCUT2D eigenvalue weighted by Gasteiger charge is 2.35. The highest BCUT2D eigenvalue weighted by molar-refractivity contribution is 7.10. The number of nitrogens with zero attached hydrogens (tertiary/aromatic N) is 1. The van der Waals surface area contributed by atoms with E-state index in [1.54, 1.807) is 11.3 Å². The molecular weight excluding hydrogens is 256 g/mol. The number of carbonyl (C=O) groups is 1. The second kappa shape index (κ2) is 6.06. The van der Waals surface area contributed by atoms with Crippen LogP contribution in [0, 0.1) is 5.92 Å².